The molecule has 0 saturated heterocycles. The van der Waals surface area contributed by atoms with E-state index < -0.39 is 0 Å². The van der Waals surface area contributed by atoms with Crippen LogP contribution >= 0.6 is 11.8 Å². The number of phenols is 2. The summed E-state index contributed by atoms with van der Waals surface area (Å²) >= 11 is 1.43. The molecule has 0 radical (unpaired) electrons. The number of hydrogen-bond acceptors (Lipinski definition) is 5. The Morgan fingerprint density at radius 2 is 1.88 bits per heavy atom. The molecule has 0 spiro atoms. The van der Waals surface area contributed by atoms with Gasteiger partial charge in [-0.15, -0.1) is 0 Å². The second kappa shape index (κ2) is 6.01. The molecular weight excluding hydrogens is 336 g/mol. The van der Waals surface area contributed by atoms with Crippen LogP contribution in [-0.2, 0) is 0 Å². The van der Waals surface area contributed by atoms with Gasteiger partial charge >= 0.3 is 0 Å². The average molecular weight is 352 g/mol. The number of carbonyl (C=O) groups excluding carboxylic acids is 1. The third-order valence-electron chi connectivity index (χ3n) is 4.48. The Labute approximate surface area is 149 Å². The van der Waals surface area contributed by atoms with Crippen molar-refractivity contribution in [3.63, 3.8) is 0 Å². The van der Waals surface area contributed by atoms with Crippen LogP contribution in [0.25, 0.3) is 11.3 Å². The molecule has 0 amide bonds. The molecule has 2 heterocycles. The minimum Gasteiger partial charge on any atom is -0.504 e. The number of Topliss-reactive ketones (excluding diaryl/α,β-unsaturated/α-hetero) is 1. The highest BCUT2D eigenvalue weighted by atomic mass is 32.2. The predicted molar refractivity (Wildman–Crippen MR) is 95.4 cm³/mol. The maximum atomic E-state index is 13.0. The number of fused-ring (bicyclic) bond motifs is 2. The van der Waals surface area contributed by atoms with E-state index in [1.807, 2.05) is 37.3 Å². The number of phenolic OH excluding ortho intramolecular Hbond substituents is 2. The molecule has 3 aromatic rings. The molecule has 0 saturated carbocycles. The van der Waals surface area contributed by atoms with E-state index in [0.29, 0.717) is 16.9 Å². The third kappa shape index (κ3) is 2.61. The lowest BCUT2D eigenvalue weighted by Gasteiger charge is -2.15. The first kappa shape index (κ1) is 15.8. The molecule has 1 unspecified atom stereocenters. The van der Waals surface area contributed by atoms with Crippen molar-refractivity contribution in [2.75, 3.05) is 0 Å². The summed E-state index contributed by atoms with van der Waals surface area (Å²) in [6.07, 6.45) is 2.29. The van der Waals surface area contributed by atoms with E-state index in [9.17, 15) is 15.0 Å². The maximum Gasteiger partial charge on any atom is 0.171 e. The normalized spacial score (nSPS) is 16.2. The monoisotopic (exact) mass is 352 g/mol. The van der Waals surface area contributed by atoms with Gasteiger partial charge in [0.15, 0.2) is 17.3 Å². The zero-order valence-corrected chi connectivity index (χ0v) is 14.3. The Balaban J connectivity index is 1.91. The van der Waals surface area contributed by atoms with Crippen LogP contribution in [0.5, 0.6) is 11.5 Å². The Morgan fingerprint density at radius 3 is 2.60 bits per heavy atom. The summed E-state index contributed by atoms with van der Waals surface area (Å²) in [4.78, 5) is 14.6. The molecule has 1 aliphatic heterocycles. The van der Waals surface area contributed by atoms with Crippen molar-refractivity contribution >= 4 is 17.5 Å². The van der Waals surface area contributed by atoms with Crippen molar-refractivity contribution in [3.05, 3.63) is 59.9 Å². The molecule has 4 rings (SSSR count). The number of carbonyl (C=O) groups is 1. The van der Waals surface area contributed by atoms with Crippen LogP contribution in [0.3, 0.4) is 0 Å². The SMILES string of the molecule is CCC1C(=O)c2cc(O)c(O)cc2Sc2cc(-c3ccco3)ccc21. The second-order valence-corrected chi connectivity index (χ2v) is 7.08. The summed E-state index contributed by atoms with van der Waals surface area (Å²) in [6, 6.07) is 12.5. The lowest BCUT2D eigenvalue weighted by molar-refractivity contribution is 0.0953. The van der Waals surface area contributed by atoms with Crippen LogP contribution in [0, 0.1) is 0 Å². The molecule has 1 aromatic heterocycles. The smallest absolute Gasteiger partial charge is 0.171 e. The van der Waals surface area contributed by atoms with Crippen molar-refractivity contribution in [2.45, 2.75) is 29.1 Å². The van der Waals surface area contributed by atoms with Gasteiger partial charge in [-0.1, -0.05) is 30.8 Å². The van der Waals surface area contributed by atoms with Gasteiger partial charge in [0.1, 0.15) is 5.76 Å². The highest BCUT2D eigenvalue weighted by Gasteiger charge is 2.30. The Kier molecular flexibility index (Phi) is 3.81. The lowest BCUT2D eigenvalue weighted by atomic mass is 9.88. The first-order chi connectivity index (χ1) is 12.1. The standard InChI is InChI=1S/C20H16O4S/c1-2-12-13-6-5-11(17-4-3-7-24-17)8-18(13)25-19-10-16(22)15(21)9-14(19)20(12)23/h3-10,12,21-22H,2H2,1H3. The number of furan rings is 1. The van der Waals surface area contributed by atoms with Crippen LogP contribution in [0.2, 0.25) is 0 Å². The average Bonchev–Trinajstić information content (AvgIpc) is 3.10. The lowest BCUT2D eigenvalue weighted by Crippen LogP contribution is -2.12. The minimum absolute atomic E-state index is 0.0372. The van der Waals surface area contributed by atoms with E-state index in [1.165, 1.54) is 23.9 Å². The summed E-state index contributed by atoms with van der Waals surface area (Å²) < 4.78 is 5.47. The van der Waals surface area contributed by atoms with Crippen LogP contribution < -0.4 is 0 Å². The highest BCUT2D eigenvalue weighted by Crippen LogP contribution is 2.46. The highest BCUT2D eigenvalue weighted by molar-refractivity contribution is 7.99. The summed E-state index contributed by atoms with van der Waals surface area (Å²) in [5, 5.41) is 19.6. The van der Waals surface area contributed by atoms with Gasteiger partial charge in [-0.3, -0.25) is 4.79 Å². The van der Waals surface area contributed by atoms with Crippen molar-refractivity contribution < 1.29 is 19.4 Å². The van der Waals surface area contributed by atoms with Gasteiger partial charge in [0, 0.05) is 26.8 Å². The third-order valence-corrected chi connectivity index (χ3v) is 5.61. The summed E-state index contributed by atoms with van der Waals surface area (Å²) in [6.45, 7) is 1.97. The molecule has 1 aliphatic rings. The van der Waals surface area contributed by atoms with Crippen LogP contribution in [0.15, 0.2) is 62.9 Å². The van der Waals surface area contributed by atoms with Gasteiger partial charge in [-0.2, -0.15) is 0 Å². The predicted octanol–water partition coefficient (Wildman–Crippen LogP) is 5.20. The number of benzene rings is 2. The number of hydrogen-bond donors (Lipinski definition) is 2. The van der Waals surface area contributed by atoms with Crippen LogP contribution in [0.4, 0.5) is 0 Å². The summed E-state index contributed by atoms with van der Waals surface area (Å²) in [5.41, 5.74) is 2.34. The first-order valence-corrected chi connectivity index (χ1v) is 8.86. The maximum absolute atomic E-state index is 13.0. The van der Waals surface area contributed by atoms with Crippen molar-refractivity contribution in [2.24, 2.45) is 0 Å². The first-order valence-electron chi connectivity index (χ1n) is 8.04. The van der Waals surface area contributed by atoms with E-state index in [1.54, 1.807) is 6.26 Å². The fraction of sp³-hybridized carbons (Fsp3) is 0.150. The molecular formula is C20H16O4S. The largest absolute Gasteiger partial charge is 0.504 e. The Morgan fingerprint density at radius 1 is 1.08 bits per heavy atom. The van der Waals surface area contributed by atoms with Crippen molar-refractivity contribution in [3.8, 4) is 22.8 Å². The van der Waals surface area contributed by atoms with Crippen molar-refractivity contribution in [1.82, 2.24) is 0 Å². The van der Waals surface area contributed by atoms with Gasteiger partial charge in [0.05, 0.1) is 6.26 Å². The molecule has 25 heavy (non-hydrogen) atoms. The Bertz CT molecular complexity index is 960. The van der Waals surface area contributed by atoms with Gasteiger partial charge in [-0.25, -0.2) is 0 Å². The fourth-order valence-corrected chi connectivity index (χ4v) is 4.39. The summed E-state index contributed by atoms with van der Waals surface area (Å²) in [5.74, 6) is -0.0496. The molecule has 0 fully saturated rings. The fourth-order valence-electron chi connectivity index (χ4n) is 3.19. The molecule has 2 N–H and O–H groups in total. The molecule has 0 aliphatic carbocycles. The van der Waals surface area contributed by atoms with Crippen LogP contribution in [-0.4, -0.2) is 16.0 Å². The molecule has 126 valence electrons. The molecule has 4 nitrogen and oxygen atoms in total. The topological polar surface area (TPSA) is 70.7 Å². The van der Waals surface area contributed by atoms with Crippen molar-refractivity contribution in [1.29, 1.82) is 0 Å². The number of ketones is 1. The van der Waals surface area contributed by atoms with Gasteiger partial charge in [0.2, 0.25) is 0 Å². The summed E-state index contributed by atoms with van der Waals surface area (Å²) in [7, 11) is 0. The van der Waals surface area contributed by atoms with E-state index in [-0.39, 0.29) is 23.2 Å². The Hall–Kier alpha value is -2.66. The van der Waals surface area contributed by atoms with Gasteiger partial charge in [0.25, 0.3) is 0 Å². The van der Waals surface area contributed by atoms with Gasteiger partial charge < -0.3 is 14.6 Å². The van der Waals surface area contributed by atoms with Crippen LogP contribution in [0.1, 0.15) is 35.2 Å². The quantitative estimate of drug-likeness (QED) is 0.620. The number of aromatic hydroxyl groups is 2. The van der Waals surface area contributed by atoms with Gasteiger partial charge in [-0.05, 0) is 42.3 Å². The second-order valence-electron chi connectivity index (χ2n) is 5.99. The molecule has 1 atom stereocenters. The zero-order valence-electron chi connectivity index (χ0n) is 13.5. The van der Waals surface area contributed by atoms with E-state index in [4.69, 9.17) is 4.42 Å². The molecule has 2 aromatic carbocycles. The zero-order chi connectivity index (χ0) is 17.6. The van der Waals surface area contributed by atoms with E-state index in [2.05, 4.69) is 0 Å². The van der Waals surface area contributed by atoms with E-state index >= 15 is 0 Å². The molecule has 0 bridgehead atoms. The molecule has 5 heteroatoms. The minimum atomic E-state index is -0.279. The number of rotatable bonds is 2. The van der Waals surface area contributed by atoms with E-state index in [0.717, 1.165) is 21.8 Å².